The van der Waals surface area contributed by atoms with Gasteiger partial charge in [-0.1, -0.05) is 18.5 Å². The van der Waals surface area contributed by atoms with E-state index in [4.69, 9.17) is 17.3 Å². The molecule has 2 unspecified atom stereocenters. The van der Waals surface area contributed by atoms with E-state index in [0.29, 0.717) is 12.5 Å². The molecule has 0 radical (unpaired) electrons. The van der Waals surface area contributed by atoms with Crippen molar-refractivity contribution in [3.63, 3.8) is 0 Å². The van der Waals surface area contributed by atoms with Gasteiger partial charge in [-0.25, -0.2) is 4.68 Å². The fourth-order valence-electron chi connectivity index (χ4n) is 2.91. The van der Waals surface area contributed by atoms with Gasteiger partial charge < -0.3 is 10.6 Å². The Morgan fingerprint density at radius 1 is 1.55 bits per heavy atom. The highest BCUT2D eigenvalue weighted by molar-refractivity contribution is 6.33. The van der Waals surface area contributed by atoms with Gasteiger partial charge in [-0.2, -0.15) is 5.10 Å². The Kier molecular flexibility index (Phi) is 4.70. The van der Waals surface area contributed by atoms with Crippen LogP contribution in [0.3, 0.4) is 0 Å². The molecule has 1 aliphatic heterocycles. The molecule has 1 fully saturated rings. The zero-order chi connectivity index (χ0) is 14.9. The standard InChI is InChI=1S/C14H23ClN4O/c1-9(2)19-14(20)13(15)12(8-17-19)18-6-4-5-10(3)11(18)7-16/h8-11H,4-7,16H2,1-3H3. The maximum absolute atomic E-state index is 12.3. The number of aromatic nitrogens is 2. The average Bonchev–Trinajstić information content (AvgIpc) is 2.41. The van der Waals surface area contributed by atoms with E-state index in [1.54, 1.807) is 6.20 Å². The molecule has 0 spiro atoms. The predicted octanol–water partition coefficient (Wildman–Crippen LogP) is 2.04. The molecule has 2 atom stereocenters. The third-order valence-electron chi connectivity index (χ3n) is 4.08. The molecule has 112 valence electrons. The summed E-state index contributed by atoms with van der Waals surface area (Å²) in [6.07, 6.45) is 3.94. The number of nitrogens with two attached hydrogens (primary N) is 1. The van der Waals surface area contributed by atoms with E-state index in [9.17, 15) is 4.79 Å². The average molecular weight is 299 g/mol. The van der Waals surface area contributed by atoms with Gasteiger partial charge in [0.15, 0.2) is 0 Å². The molecular formula is C14H23ClN4O. The van der Waals surface area contributed by atoms with Crippen LogP contribution >= 0.6 is 11.6 Å². The van der Waals surface area contributed by atoms with Crippen molar-refractivity contribution in [2.24, 2.45) is 11.7 Å². The smallest absolute Gasteiger partial charge is 0.287 e. The van der Waals surface area contributed by atoms with E-state index in [-0.39, 0.29) is 22.7 Å². The SMILES string of the molecule is CC1CCCN(c2cnn(C(C)C)c(=O)c2Cl)C1CN. The Hall–Kier alpha value is -1.07. The van der Waals surface area contributed by atoms with Crippen LogP contribution in [0.25, 0.3) is 0 Å². The summed E-state index contributed by atoms with van der Waals surface area (Å²) in [7, 11) is 0. The molecule has 20 heavy (non-hydrogen) atoms. The molecule has 1 aromatic rings. The minimum atomic E-state index is -0.229. The lowest BCUT2D eigenvalue weighted by Gasteiger charge is -2.41. The normalized spacial score (nSPS) is 23.4. The van der Waals surface area contributed by atoms with Crippen LogP contribution in [0.15, 0.2) is 11.0 Å². The topological polar surface area (TPSA) is 64.2 Å². The molecule has 0 aromatic carbocycles. The Balaban J connectivity index is 2.42. The largest absolute Gasteiger partial charge is 0.364 e. The van der Waals surface area contributed by atoms with Crippen molar-refractivity contribution in [2.75, 3.05) is 18.0 Å². The molecule has 0 saturated carbocycles. The number of piperidine rings is 1. The molecule has 1 aliphatic rings. The van der Waals surface area contributed by atoms with Gasteiger partial charge in [0.05, 0.1) is 17.9 Å². The molecule has 5 nitrogen and oxygen atoms in total. The van der Waals surface area contributed by atoms with Crippen molar-refractivity contribution in [2.45, 2.75) is 45.7 Å². The summed E-state index contributed by atoms with van der Waals surface area (Å²) in [6.45, 7) is 7.45. The summed E-state index contributed by atoms with van der Waals surface area (Å²) < 4.78 is 1.41. The van der Waals surface area contributed by atoms with Crippen LogP contribution in [0.1, 0.15) is 39.7 Å². The summed E-state index contributed by atoms with van der Waals surface area (Å²) in [5.41, 5.74) is 6.39. The highest BCUT2D eigenvalue weighted by Gasteiger charge is 2.29. The molecule has 6 heteroatoms. The van der Waals surface area contributed by atoms with Crippen molar-refractivity contribution < 1.29 is 0 Å². The van der Waals surface area contributed by atoms with Gasteiger partial charge >= 0.3 is 0 Å². The van der Waals surface area contributed by atoms with Crippen molar-refractivity contribution in [3.05, 3.63) is 21.6 Å². The second-order valence-corrected chi connectivity index (χ2v) is 6.18. The van der Waals surface area contributed by atoms with Crippen molar-refractivity contribution >= 4 is 17.3 Å². The van der Waals surface area contributed by atoms with E-state index >= 15 is 0 Å². The molecule has 1 aromatic heterocycles. The Labute approximate surface area is 124 Å². The first kappa shape index (κ1) is 15.3. The van der Waals surface area contributed by atoms with Gasteiger partial charge in [-0.15, -0.1) is 0 Å². The maximum Gasteiger partial charge on any atom is 0.287 e. The van der Waals surface area contributed by atoms with E-state index in [2.05, 4.69) is 16.9 Å². The van der Waals surface area contributed by atoms with Crippen LogP contribution < -0.4 is 16.2 Å². The summed E-state index contributed by atoms with van der Waals surface area (Å²) in [5.74, 6) is 0.498. The van der Waals surface area contributed by atoms with Crippen LogP contribution in [0, 0.1) is 5.92 Å². The van der Waals surface area contributed by atoms with Crippen molar-refractivity contribution in [1.29, 1.82) is 0 Å². The lowest BCUT2D eigenvalue weighted by Crippen LogP contribution is -2.49. The van der Waals surface area contributed by atoms with E-state index < -0.39 is 0 Å². The Bertz CT molecular complexity index is 528. The molecule has 0 aliphatic carbocycles. The highest BCUT2D eigenvalue weighted by Crippen LogP contribution is 2.31. The minimum Gasteiger partial charge on any atom is -0.364 e. The quantitative estimate of drug-likeness (QED) is 0.927. The molecular weight excluding hydrogens is 276 g/mol. The highest BCUT2D eigenvalue weighted by atomic mass is 35.5. The van der Waals surface area contributed by atoms with E-state index in [1.807, 2.05) is 13.8 Å². The number of hydrogen-bond donors (Lipinski definition) is 1. The number of nitrogens with zero attached hydrogens (tertiary/aromatic N) is 3. The summed E-state index contributed by atoms with van der Waals surface area (Å²) >= 11 is 6.29. The third-order valence-corrected chi connectivity index (χ3v) is 4.44. The number of hydrogen-bond acceptors (Lipinski definition) is 4. The number of anilines is 1. The second kappa shape index (κ2) is 6.14. The van der Waals surface area contributed by atoms with Gasteiger partial charge in [-0.3, -0.25) is 4.79 Å². The van der Waals surface area contributed by atoms with Crippen molar-refractivity contribution in [3.8, 4) is 0 Å². The van der Waals surface area contributed by atoms with E-state index in [0.717, 1.165) is 25.1 Å². The van der Waals surface area contributed by atoms with Gasteiger partial charge in [0, 0.05) is 19.1 Å². The van der Waals surface area contributed by atoms with Crippen LogP contribution in [0.4, 0.5) is 5.69 Å². The number of rotatable bonds is 3. The molecule has 2 heterocycles. The summed E-state index contributed by atoms with van der Waals surface area (Å²) in [4.78, 5) is 14.4. The van der Waals surface area contributed by atoms with Crippen LogP contribution in [-0.2, 0) is 0 Å². The molecule has 1 saturated heterocycles. The first-order valence-corrected chi connectivity index (χ1v) is 7.59. The van der Waals surface area contributed by atoms with Crippen LogP contribution in [0.5, 0.6) is 0 Å². The summed E-state index contributed by atoms with van der Waals surface area (Å²) in [6, 6.07) is 0.219. The Morgan fingerprint density at radius 3 is 2.85 bits per heavy atom. The first-order chi connectivity index (χ1) is 9.47. The van der Waals surface area contributed by atoms with Gasteiger partial charge in [-0.05, 0) is 32.6 Å². The monoisotopic (exact) mass is 298 g/mol. The molecule has 0 amide bonds. The van der Waals surface area contributed by atoms with Crippen LogP contribution in [0.2, 0.25) is 5.02 Å². The lowest BCUT2D eigenvalue weighted by atomic mass is 9.90. The fraction of sp³-hybridized carbons (Fsp3) is 0.714. The van der Waals surface area contributed by atoms with Gasteiger partial charge in [0.2, 0.25) is 0 Å². The predicted molar refractivity (Wildman–Crippen MR) is 82.5 cm³/mol. The molecule has 0 bridgehead atoms. The van der Waals surface area contributed by atoms with Gasteiger partial charge in [0.1, 0.15) is 5.02 Å². The number of halogens is 1. The molecule has 2 N–H and O–H groups in total. The second-order valence-electron chi connectivity index (χ2n) is 5.80. The zero-order valence-corrected chi connectivity index (χ0v) is 13.1. The lowest BCUT2D eigenvalue weighted by molar-refractivity contribution is 0.349. The minimum absolute atomic E-state index is 0.000338. The maximum atomic E-state index is 12.3. The summed E-state index contributed by atoms with van der Waals surface area (Å²) in [5, 5.41) is 4.50. The van der Waals surface area contributed by atoms with Crippen LogP contribution in [-0.4, -0.2) is 28.9 Å². The van der Waals surface area contributed by atoms with E-state index in [1.165, 1.54) is 4.68 Å². The van der Waals surface area contributed by atoms with Gasteiger partial charge in [0.25, 0.3) is 5.56 Å². The first-order valence-electron chi connectivity index (χ1n) is 7.21. The van der Waals surface area contributed by atoms with Crippen molar-refractivity contribution in [1.82, 2.24) is 9.78 Å². The molecule has 2 rings (SSSR count). The fourth-order valence-corrected chi connectivity index (χ4v) is 3.16. The zero-order valence-electron chi connectivity index (χ0n) is 12.3. The third kappa shape index (κ3) is 2.69. The Morgan fingerprint density at radius 2 is 2.25 bits per heavy atom.